The van der Waals surface area contributed by atoms with Crippen LogP contribution in [0.25, 0.3) is 0 Å². The van der Waals surface area contributed by atoms with Crippen LogP contribution in [0.4, 0.5) is 0 Å². The zero-order valence-electron chi connectivity index (χ0n) is 14.6. The van der Waals surface area contributed by atoms with Gasteiger partial charge in [0.25, 0.3) is 0 Å². The van der Waals surface area contributed by atoms with Gasteiger partial charge >= 0.3 is 0 Å². The highest BCUT2D eigenvalue weighted by Gasteiger charge is 2.62. The summed E-state index contributed by atoms with van der Waals surface area (Å²) < 4.78 is 0. The standard InChI is InChI=1S/C21H30OS/c1-4-21(22)10-8-18-19-13(2)11-14-12-15(23)5-6-16(14)17(19)7-9-20(18,21)3/h4,12-13,16-19,22H,1,5-11H2,2-3H3/t13?,16?,17?,18?,19?,20-,21-/m0/s1. The monoisotopic (exact) mass is 330 g/mol. The molecule has 3 fully saturated rings. The smallest absolute Gasteiger partial charge is 0.0881 e. The minimum atomic E-state index is -0.646. The number of hydrogen-bond donors (Lipinski definition) is 1. The number of hydrogen-bond acceptors (Lipinski definition) is 2. The number of thiocarbonyl (C=S) groups is 1. The van der Waals surface area contributed by atoms with Crippen molar-refractivity contribution in [3.8, 4) is 0 Å². The molecule has 23 heavy (non-hydrogen) atoms. The second kappa shape index (κ2) is 5.26. The molecule has 0 aromatic carbocycles. The van der Waals surface area contributed by atoms with Crippen LogP contribution in [0.3, 0.4) is 0 Å². The number of allylic oxidation sites excluding steroid dienone is 2. The van der Waals surface area contributed by atoms with Crippen molar-refractivity contribution in [3.63, 3.8) is 0 Å². The molecule has 1 nitrogen and oxygen atoms in total. The van der Waals surface area contributed by atoms with Crippen LogP contribution in [0.2, 0.25) is 0 Å². The fourth-order valence-corrected chi connectivity index (χ4v) is 7.25. The first-order valence-corrected chi connectivity index (χ1v) is 9.90. The van der Waals surface area contributed by atoms with Gasteiger partial charge in [-0.2, -0.15) is 0 Å². The van der Waals surface area contributed by atoms with Crippen molar-refractivity contribution in [1.29, 1.82) is 0 Å². The zero-order chi connectivity index (χ0) is 16.4. The zero-order valence-corrected chi connectivity index (χ0v) is 15.4. The third-order valence-electron chi connectivity index (χ3n) is 8.19. The van der Waals surface area contributed by atoms with E-state index in [4.69, 9.17) is 12.2 Å². The minimum absolute atomic E-state index is 0.0371. The normalized spacial score (nSPS) is 52.2. The maximum atomic E-state index is 11.2. The van der Waals surface area contributed by atoms with Gasteiger partial charge in [-0.05, 0) is 80.6 Å². The van der Waals surface area contributed by atoms with Crippen LogP contribution in [0, 0.1) is 35.0 Å². The molecule has 4 aliphatic carbocycles. The molecule has 4 aliphatic rings. The highest BCUT2D eigenvalue weighted by atomic mass is 32.1. The summed E-state index contributed by atoms with van der Waals surface area (Å²) in [6.45, 7) is 8.77. The Bertz CT molecular complexity index is 578. The summed E-state index contributed by atoms with van der Waals surface area (Å²) in [4.78, 5) is 1.17. The highest BCUT2D eigenvalue weighted by molar-refractivity contribution is 7.80. The Balaban J connectivity index is 1.70. The maximum absolute atomic E-state index is 11.2. The van der Waals surface area contributed by atoms with Crippen molar-refractivity contribution >= 4 is 17.1 Å². The molecule has 0 heterocycles. The van der Waals surface area contributed by atoms with Gasteiger partial charge in [0.05, 0.1) is 5.60 Å². The summed E-state index contributed by atoms with van der Waals surface area (Å²) >= 11 is 5.48. The molecule has 5 unspecified atom stereocenters. The first kappa shape index (κ1) is 16.0. The molecule has 0 radical (unpaired) electrons. The van der Waals surface area contributed by atoms with Crippen LogP contribution in [0.15, 0.2) is 24.3 Å². The van der Waals surface area contributed by atoms with Crippen LogP contribution in [-0.4, -0.2) is 15.6 Å². The number of rotatable bonds is 1. The van der Waals surface area contributed by atoms with E-state index in [1.54, 1.807) is 5.57 Å². The summed E-state index contributed by atoms with van der Waals surface area (Å²) in [7, 11) is 0. The maximum Gasteiger partial charge on any atom is 0.0881 e. The van der Waals surface area contributed by atoms with E-state index in [-0.39, 0.29) is 5.41 Å². The summed E-state index contributed by atoms with van der Waals surface area (Å²) in [5.74, 6) is 3.75. The topological polar surface area (TPSA) is 20.2 Å². The summed E-state index contributed by atoms with van der Waals surface area (Å²) in [5, 5.41) is 11.2. The summed E-state index contributed by atoms with van der Waals surface area (Å²) in [6, 6.07) is 0. The molecule has 2 heteroatoms. The fourth-order valence-electron chi connectivity index (χ4n) is 6.98. The molecule has 0 aromatic heterocycles. The van der Waals surface area contributed by atoms with Gasteiger partial charge in [0, 0.05) is 10.3 Å². The van der Waals surface area contributed by atoms with Gasteiger partial charge in [0.2, 0.25) is 0 Å². The van der Waals surface area contributed by atoms with Gasteiger partial charge in [0.1, 0.15) is 0 Å². The van der Waals surface area contributed by atoms with Crippen molar-refractivity contribution in [1.82, 2.24) is 0 Å². The van der Waals surface area contributed by atoms with Crippen molar-refractivity contribution in [2.24, 2.45) is 35.0 Å². The van der Waals surface area contributed by atoms with E-state index in [9.17, 15) is 5.11 Å². The van der Waals surface area contributed by atoms with Gasteiger partial charge in [-0.1, -0.05) is 37.7 Å². The predicted octanol–water partition coefficient (Wildman–Crippen LogP) is 5.09. The molecule has 3 saturated carbocycles. The van der Waals surface area contributed by atoms with E-state index in [1.165, 1.54) is 30.5 Å². The van der Waals surface area contributed by atoms with E-state index in [1.807, 2.05) is 6.08 Å². The lowest BCUT2D eigenvalue weighted by Gasteiger charge is -2.57. The first-order valence-electron chi connectivity index (χ1n) is 9.49. The van der Waals surface area contributed by atoms with Crippen molar-refractivity contribution < 1.29 is 5.11 Å². The van der Waals surface area contributed by atoms with E-state index in [2.05, 4.69) is 26.5 Å². The molecule has 0 aliphatic heterocycles. The Morgan fingerprint density at radius 3 is 2.83 bits per heavy atom. The van der Waals surface area contributed by atoms with E-state index in [0.717, 1.165) is 42.9 Å². The molecule has 0 saturated heterocycles. The van der Waals surface area contributed by atoms with Gasteiger partial charge in [-0.15, -0.1) is 6.58 Å². The fraction of sp³-hybridized carbons (Fsp3) is 0.762. The van der Waals surface area contributed by atoms with Crippen LogP contribution in [0.1, 0.15) is 58.8 Å². The lowest BCUT2D eigenvalue weighted by molar-refractivity contribution is -0.102. The van der Waals surface area contributed by atoms with E-state index < -0.39 is 5.60 Å². The summed E-state index contributed by atoms with van der Waals surface area (Å²) in [6.07, 6.45) is 12.3. The Labute approximate surface area is 146 Å². The molecule has 0 aromatic rings. The van der Waals surface area contributed by atoms with Crippen LogP contribution in [0.5, 0.6) is 0 Å². The van der Waals surface area contributed by atoms with E-state index in [0.29, 0.717) is 5.92 Å². The Morgan fingerprint density at radius 2 is 2.09 bits per heavy atom. The Hall–Kier alpha value is -0.470. The number of aliphatic hydroxyl groups is 1. The quantitative estimate of drug-likeness (QED) is 0.533. The lowest BCUT2D eigenvalue weighted by atomic mass is 9.48. The first-order chi connectivity index (χ1) is 10.9. The third-order valence-corrected chi connectivity index (χ3v) is 8.52. The molecular weight excluding hydrogens is 300 g/mol. The van der Waals surface area contributed by atoms with Crippen LogP contribution in [-0.2, 0) is 0 Å². The Morgan fingerprint density at radius 1 is 1.30 bits per heavy atom. The largest absolute Gasteiger partial charge is 0.385 e. The average molecular weight is 331 g/mol. The number of fused-ring (bicyclic) bond motifs is 5. The van der Waals surface area contributed by atoms with Gasteiger partial charge in [-0.3, -0.25) is 0 Å². The van der Waals surface area contributed by atoms with Gasteiger partial charge in [-0.25, -0.2) is 0 Å². The van der Waals surface area contributed by atoms with Crippen molar-refractivity contribution in [2.45, 2.75) is 64.4 Å². The van der Waals surface area contributed by atoms with Crippen molar-refractivity contribution in [3.05, 3.63) is 24.3 Å². The summed E-state index contributed by atoms with van der Waals surface area (Å²) in [5.41, 5.74) is 1.04. The van der Waals surface area contributed by atoms with Gasteiger partial charge < -0.3 is 5.11 Å². The van der Waals surface area contributed by atoms with Crippen LogP contribution >= 0.6 is 12.2 Å². The minimum Gasteiger partial charge on any atom is -0.385 e. The Kier molecular flexibility index (Phi) is 3.67. The van der Waals surface area contributed by atoms with Crippen molar-refractivity contribution in [2.75, 3.05) is 0 Å². The molecule has 0 bridgehead atoms. The molecule has 0 spiro atoms. The second-order valence-electron chi connectivity index (χ2n) is 8.98. The molecule has 7 atom stereocenters. The molecule has 126 valence electrons. The molecular formula is C21H30OS. The lowest BCUT2D eigenvalue weighted by Crippen LogP contribution is -2.53. The highest BCUT2D eigenvalue weighted by Crippen LogP contribution is 2.66. The van der Waals surface area contributed by atoms with Crippen LogP contribution < -0.4 is 0 Å². The molecule has 4 rings (SSSR count). The average Bonchev–Trinajstić information content (AvgIpc) is 2.79. The third kappa shape index (κ3) is 2.10. The predicted molar refractivity (Wildman–Crippen MR) is 99.4 cm³/mol. The molecule has 0 amide bonds. The van der Waals surface area contributed by atoms with Gasteiger partial charge in [0.15, 0.2) is 0 Å². The second-order valence-corrected chi connectivity index (χ2v) is 9.51. The molecule has 1 N–H and O–H groups in total. The van der Waals surface area contributed by atoms with E-state index >= 15 is 0 Å². The SMILES string of the molecule is C=C[C@]1(O)CCC2C3C(C)CC4=CC(=S)CCC4C3CC[C@@]21C.